The van der Waals surface area contributed by atoms with E-state index in [0.29, 0.717) is 6.04 Å². The van der Waals surface area contributed by atoms with Crippen molar-refractivity contribution in [3.63, 3.8) is 0 Å². The van der Waals surface area contributed by atoms with E-state index in [0.717, 1.165) is 0 Å². The van der Waals surface area contributed by atoms with Gasteiger partial charge in [-0.1, -0.05) is 0 Å². The molecule has 1 aliphatic carbocycles. The first kappa shape index (κ1) is 6.29. The Labute approximate surface area is 54.3 Å². The fraction of sp³-hybridized carbons (Fsp3) is 0.500. The normalized spacial score (nSPS) is 16.1. The maximum absolute atomic E-state index is 5.22. The van der Waals surface area contributed by atoms with Crippen LogP contribution in [0.3, 0.4) is 0 Å². The van der Waals surface area contributed by atoms with Crippen LogP contribution in [0.2, 0.25) is 0 Å². The van der Waals surface area contributed by atoms with Gasteiger partial charge in [0.25, 0.3) is 0 Å². The number of nitrogens with two attached hydrogens (primary N) is 1. The second-order valence-corrected chi connectivity index (χ2v) is 2.10. The van der Waals surface area contributed by atoms with Crippen molar-refractivity contribution in [1.29, 1.82) is 0 Å². The zero-order valence-corrected chi connectivity index (χ0v) is 5.25. The van der Waals surface area contributed by atoms with E-state index in [1.54, 1.807) is 18.7 Å². The predicted octanol–water partition coefficient (Wildman–Crippen LogP) is 0.517. The first-order valence-corrected chi connectivity index (χ1v) is 3.08. The molecule has 0 aromatic carbocycles. The lowest BCUT2D eigenvalue weighted by Gasteiger charge is -1.58. The molecule has 1 aliphatic rings. The van der Waals surface area contributed by atoms with E-state index < -0.39 is 0 Å². The number of imidazole rings is 1. The molecule has 50 valence electrons. The lowest BCUT2D eigenvalue weighted by molar-refractivity contribution is 1.07. The van der Waals surface area contributed by atoms with Crippen molar-refractivity contribution in [1.82, 2.24) is 9.97 Å². The predicted molar refractivity (Wildman–Crippen MR) is 35.8 cm³/mol. The van der Waals surface area contributed by atoms with Gasteiger partial charge in [0.05, 0.1) is 6.33 Å². The van der Waals surface area contributed by atoms with Crippen LogP contribution in [0.4, 0.5) is 0 Å². The molecule has 1 fully saturated rings. The van der Waals surface area contributed by atoms with E-state index >= 15 is 0 Å². The van der Waals surface area contributed by atoms with E-state index in [1.165, 1.54) is 12.8 Å². The van der Waals surface area contributed by atoms with Gasteiger partial charge in [0.15, 0.2) is 0 Å². The molecule has 1 aromatic heterocycles. The summed E-state index contributed by atoms with van der Waals surface area (Å²) in [5, 5.41) is 0. The molecule has 0 aliphatic heterocycles. The standard InChI is InChI=1S/C3H4N2.C3H7N/c1-2-5-3-4-1;4-3-1-2-3/h1-3H,(H,4,5);3H,1-2,4H2. The summed E-state index contributed by atoms with van der Waals surface area (Å²) >= 11 is 0. The highest BCUT2D eigenvalue weighted by molar-refractivity contribution is 4.75. The fourth-order valence-electron chi connectivity index (χ4n) is 0.311. The van der Waals surface area contributed by atoms with Crippen LogP contribution in [0.1, 0.15) is 12.8 Å². The minimum absolute atomic E-state index is 0.583. The summed E-state index contributed by atoms with van der Waals surface area (Å²) in [6, 6.07) is 0.583. The number of aromatic amines is 1. The molecule has 3 nitrogen and oxygen atoms in total. The first-order chi connectivity index (χ1) is 4.39. The average molecular weight is 125 g/mol. The molecule has 1 saturated carbocycles. The van der Waals surface area contributed by atoms with Gasteiger partial charge in [-0.25, -0.2) is 4.98 Å². The van der Waals surface area contributed by atoms with Crippen molar-refractivity contribution < 1.29 is 0 Å². The lowest BCUT2D eigenvalue weighted by atomic mass is 10.8. The van der Waals surface area contributed by atoms with Gasteiger partial charge < -0.3 is 10.7 Å². The summed E-state index contributed by atoms with van der Waals surface area (Å²) in [4.78, 5) is 6.42. The molecule has 0 amide bonds. The molecule has 0 spiro atoms. The molecule has 1 heterocycles. The number of hydrogen-bond acceptors (Lipinski definition) is 2. The molecule has 3 heteroatoms. The molecule has 1 aromatic rings. The monoisotopic (exact) mass is 125 g/mol. The summed E-state index contributed by atoms with van der Waals surface area (Å²) < 4.78 is 0. The third-order valence-corrected chi connectivity index (χ3v) is 1.03. The Morgan fingerprint density at radius 3 is 2.33 bits per heavy atom. The van der Waals surface area contributed by atoms with E-state index in [4.69, 9.17) is 5.73 Å². The zero-order valence-electron chi connectivity index (χ0n) is 5.25. The summed E-state index contributed by atoms with van der Waals surface area (Å²) in [7, 11) is 0. The molecule has 0 bridgehead atoms. The highest BCUT2D eigenvalue weighted by Crippen LogP contribution is 2.13. The third-order valence-electron chi connectivity index (χ3n) is 1.03. The van der Waals surface area contributed by atoms with Gasteiger partial charge >= 0.3 is 0 Å². The minimum atomic E-state index is 0.583. The van der Waals surface area contributed by atoms with Crippen LogP contribution in [0.5, 0.6) is 0 Å². The third kappa shape index (κ3) is 3.73. The largest absolute Gasteiger partial charge is 0.351 e. The second-order valence-electron chi connectivity index (χ2n) is 2.10. The number of aromatic nitrogens is 2. The average Bonchev–Trinajstić information content (AvgIpc) is 2.52. The first-order valence-electron chi connectivity index (χ1n) is 3.08. The van der Waals surface area contributed by atoms with E-state index in [1.807, 2.05) is 0 Å². The summed E-state index contributed by atoms with van der Waals surface area (Å²) in [6.07, 6.45) is 7.61. The van der Waals surface area contributed by atoms with Gasteiger partial charge in [-0.3, -0.25) is 0 Å². The Bertz CT molecular complexity index is 115. The van der Waals surface area contributed by atoms with Crippen LogP contribution in [0, 0.1) is 0 Å². The van der Waals surface area contributed by atoms with Gasteiger partial charge in [-0.15, -0.1) is 0 Å². The van der Waals surface area contributed by atoms with Gasteiger partial charge in [-0.2, -0.15) is 0 Å². The van der Waals surface area contributed by atoms with Gasteiger partial charge in [0.2, 0.25) is 0 Å². The summed E-state index contributed by atoms with van der Waals surface area (Å²) in [5.41, 5.74) is 5.22. The Morgan fingerprint density at radius 1 is 1.56 bits per heavy atom. The number of rotatable bonds is 0. The molecule has 9 heavy (non-hydrogen) atoms. The maximum atomic E-state index is 5.22. The number of nitrogens with one attached hydrogen (secondary N) is 1. The molecule has 3 N–H and O–H groups in total. The van der Waals surface area contributed by atoms with Crippen molar-refractivity contribution >= 4 is 0 Å². The molecule has 0 radical (unpaired) electrons. The quantitative estimate of drug-likeness (QED) is 0.531. The molecule has 0 atom stereocenters. The summed E-state index contributed by atoms with van der Waals surface area (Å²) in [6.45, 7) is 0. The molecular weight excluding hydrogens is 114 g/mol. The van der Waals surface area contributed by atoms with Crippen LogP contribution >= 0.6 is 0 Å². The number of hydrogen-bond donors (Lipinski definition) is 2. The Balaban J connectivity index is 0.0000000922. The summed E-state index contributed by atoms with van der Waals surface area (Å²) in [5.74, 6) is 0. The van der Waals surface area contributed by atoms with Crippen molar-refractivity contribution in [2.45, 2.75) is 18.9 Å². The van der Waals surface area contributed by atoms with E-state index in [-0.39, 0.29) is 0 Å². The van der Waals surface area contributed by atoms with Gasteiger partial charge in [0, 0.05) is 18.4 Å². The highest BCUT2D eigenvalue weighted by Gasteiger charge is 2.13. The van der Waals surface area contributed by atoms with Crippen molar-refractivity contribution in [2.24, 2.45) is 5.73 Å². The van der Waals surface area contributed by atoms with E-state index in [2.05, 4.69) is 9.97 Å². The minimum Gasteiger partial charge on any atom is -0.351 e. The van der Waals surface area contributed by atoms with Gasteiger partial charge in [0.1, 0.15) is 0 Å². The van der Waals surface area contributed by atoms with Crippen LogP contribution in [0.25, 0.3) is 0 Å². The van der Waals surface area contributed by atoms with E-state index in [9.17, 15) is 0 Å². The van der Waals surface area contributed by atoms with Crippen LogP contribution in [0.15, 0.2) is 18.7 Å². The topological polar surface area (TPSA) is 54.7 Å². The van der Waals surface area contributed by atoms with Crippen LogP contribution in [-0.2, 0) is 0 Å². The van der Waals surface area contributed by atoms with Crippen molar-refractivity contribution in [3.8, 4) is 0 Å². The zero-order chi connectivity index (χ0) is 6.53. The van der Waals surface area contributed by atoms with Crippen molar-refractivity contribution in [3.05, 3.63) is 18.7 Å². The number of nitrogens with zero attached hydrogens (tertiary/aromatic N) is 1. The smallest absolute Gasteiger partial charge is 0.0919 e. The molecule has 0 unspecified atom stereocenters. The Kier molecular flexibility index (Phi) is 2.27. The van der Waals surface area contributed by atoms with Crippen LogP contribution in [-0.4, -0.2) is 16.0 Å². The maximum Gasteiger partial charge on any atom is 0.0919 e. The molecule has 2 rings (SSSR count). The molecular formula is C6H11N3. The lowest BCUT2D eigenvalue weighted by Crippen LogP contribution is -1.94. The highest BCUT2D eigenvalue weighted by atomic mass is 14.8. The van der Waals surface area contributed by atoms with Crippen molar-refractivity contribution in [2.75, 3.05) is 0 Å². The molecule has 0 saturated heterocycles. The number of H-pyrrole nitrogens is 1. The second kappa shape index (κ2) is 3.25. The Hall–Kier alpha value is -0.830. The van der Waals surface area contributed by atoms with Gasteiger partial charge in [-0.05, 0) is 12.8 Å². The SMILES string of the molecule is NC1CC1.c1c[nH]cn1. The Morgan fingerprint density at radius 2 is 2.22 bits per heavy atom. The van der Waals surface area contributed by atoms with Crippen LogP contribution < -0.4 is 5.73 Å². The fourth-order valence-corrected chi connectivity index (χ4v) is 0.311.